The van der Waals surface area contributed by atoms with Crippen LogP contribution in [0.4, 0.5) is 5.69 Å². The van der Waals surface area contributed by atoms with Gasteiger partial charge in [-0.25, -0.2) is 0 Å². The van der Waals surface area contributed by atoms with Crippen molar-refractivity contribution in [3.63, 3.8) is 0 Å². The van der Waals surface area contributed by atoms with Crippen molar-refractivity contribution >= 4 is 11.6 Å². The molecular weight excluding hydrogens is 258 g/mol. The minimum atomic E-state index is -0.529. The highest BCUT2D eigenvalue weighted by Crippen LogP contribution is 2.16. The Balaban J connectivity index is 2.25. The highest BCUT2D eigenvalue weighted by Gasteiger charge is 2.10. The quantitative estimate of drug-likeness (QED) is 0.670. The molecule has 6 nitrogen and oxygen atoms in total. The molecule has 1 aromatic carbocycles. The van der Waals surface area contributed by atoms with Crippen LogP contribution in [0.25, 0.3) is 0 Å². The standard InChI is InChI=1S/C14H15N3O3/c1-15-8-9-4-2-3-5-11(9)16-14(20)10-6-12(18)17-13(19)7-10/h2-7,15H,8H2,1H3,(H,16,20)(H2,17,18,19). The van der Waals surface area contributed by atoms with Crippen molar-refractivity contribution in [2.45, 2.75) is 6.54 Å². The molecule has 1 amide bonds. The Morgan fingerprint density at radius 3 is 2.75 bits per heavy atom. The number of hydrogen-bond donors (Lipinski definition) is 4. The summed E-state index contributed by atoms with van der Waals surface area (Å²) in [6.45, 7) is 0.608. The summed E-state index contributed by atoms with van der Waals surface area (Å²) >= 11 is 0. The normalized spacial score (nSPS) is 10.2. The Bertz CT molecular complexity index is 679. The van der Waals surface area contributed by atoms with Crippen molar-refractivity contribution < 1.29 is 9.90 Å². The van der Waals surface area contributed by atoms with E-state index in [1.54, 1.807) is 6.07 Å². The molecule has 2 aromatic rings. The number of anilines is 1. The van der Waals surface area contributed by atoms with Gasteiger partial charge in [-0.05, 0) is 18.7 Å². The molecule has 0 fully saturated rings. The Hall–Kier alpha value is -2.60. The van der Waals surface area contributed by atoms with Crippen LogP contribution in [0.5, 0.6) is 5.88 Å². The van der Waals surface area contributed by atoms with E-state index in [4.69, 9.17) is 0 Å². The molecule has 0 saturated carbocycles. The SMILES string of the molecule is CNCc1ccccc1NC(=O)c1cc(O)[nH]c(=O)c1. The van der Waals surface area contributed by atoms with Gasteiger partial charge < -0.3 is 15.7 Å². The third-order valence-corrected chi connectivity index (χ3v) is 2.73. The molecule has 4 N–H and O–H groups in total. The second kappa shape index (κ2) is 6.03. The lowest BCUT2D eigenvalue weighted by molar-refractivity contribution is 0.102. The number of para-hydroxylation sites is 1. The van der Waals surface area contributed by atoms with Gasteiger partial charge in [0.2, 0.25) is 0 Å². The molecule has 0 atom stereocenters. The maximum Gasteiger partial charge on any atom is 0.256 e. The molecule has 6 heteroatoms. The second-order valence-corrected chi connectivity index (χ2v) is 4.26. The highest BCUT2D eigenvalue weighted by atomic mass is 16.3. The number of carbonyl (C=O) groups excluding carboxylic acids is 1. The molecule has 0 spiro atoms. The monoisotopic (exact) mass is 273 g/mol. The van der Waals surface area contributed by atoms with Gasteiger partial charge in [0.05, 0.1) is 5.56 Å². The molecule has 0 saturated heterocycles. The molecule has 104 valence electrons. The zero-order valence-corrected chi connectivity index (χ0v) is 10.9. The van der Waals surface area contributed by atoms with Crippen molar-refractivity contribution in [3.05, 3.63) is 57.9 Å². The predicted octanol–water partition coefficient (Wildman–Crippen LogP) is 1.05. The van der Waals surface area contributed by atoms with Crippen LogP contribution >= 0.6 is 0 Å². The third kappa shape index (κ3) is 3.24. The topological polar surface area (TPSA) is 94.2 Å². The molecular formula is C14H15N3O3. The molecule has 1 heterocycles. The number of carbonyl (C=O) groups is 1. The molecule has 0 aliphatic carbocycles. The number of hydrogen-bond acceptors (Lipinski definition) is 4. The number of pyridine rings is 1. The van der Waals surface area contributed by atoms with E-state index in [0.29, 0.717) is 12.2 Å². The van der Waals surface area contributed by atoms with Gasteiger partial charge in [0.15, 0.2) is 5.88 Å². The average Bonchev–Trinajstić information content (AvgIpc) is 2.40. The second-order valence-electron chi connectivity index (χ2n) is 4.26. The van der Waals surface area contributed by atoms with Crippen LogP contribution in [0.2, 0.25) is 0 Å². The fraction of sp³-hybridized carbons (Fsp3) is 0.143. The van der Waals surface area contributed by atoms with E-state index in [1.165, 1.54) is 6.07 Å². The first-order chi connectivity index (χ1) is 9.60. The first-order valence-corrected chi connectivity index (χ1v) is 6.07. The van der Waals surface area contributed by atoms with Crippen LogP contribution in [-0.2, 0) is 6.54 Å². The maximum absolute atomic E-state index is 12.1. The molecule has 0 unspecified atom stereocenters. The van der Waals surface area contributed by atoms with Gasteiger partial charge in [-0.2, -0.15) is 0 Å². The number of nitrogens with one attached hydrogen (secondary N) is 3. The van der Waals surface area contributed by atoms with Crippen LogP contribution in [0, 0.1) is 0 Å². The first kappa shape index (κ1) is 13.8. The lowest BCUT2D eigenvalue weighted by atomic mass is 10.1. The van der Waals surface area contributed by atoms with Gasteiger partial charge >= 0.3 is 0 Å². The molecule has 0 aliphatic rings. The largest absolute Gasteiger partial charge is 0.494 e. The van der Waals surface area contributed by atoms with Crippen LogP contribution in [0.3, 0.4) is 0 Å². The Morgan fingerprint density at radius 2 is 2.05 bits per heavy atom. The Labute approximate surface area is 115 Å². The zero-order chi connectivity index (χ0) is 14.5. The van der Waals surface area contributed by atoms with Crippen LogP contribution in [-0.4, -0.2) is 23.0 Å². The van der Waals surface area contributed by atoms with Gasteiger partial charge in [-0.1, -0.05) is 18.2 Å². The summed E-state index contributed by atoms with van der Waals surface area (Å²) < 4.78 is 0. The van der Waals surface area contributed by atoms with E-state index in [9.17, 15) is 14.7 Å². The van der Waals surface area contributed by atoms with E-state index in [2.05, 4.69) is 15.6 Å². The van der Waals surface area contributed by atoms with Gasteiger partial charge in [0.25, 0.3) is 11.5 Å². The van der Waals surface area contributed by atoms with Gasteiger partial charge in [-0.3, -0.25) is 14.6 Å². The summed E-state index contributed by atoms with van der Waals surface area (Å²) in [5.74, 6) is -0.791. The summed E-state index contributed by atoms with van der Waals surface area (Å²) in [7, 11) is 1.81. The number of benzene rings is 1. The van der Waals surface area contributed by atoms with Crippen LogP contribution in [0.1, 0.15) is 15.9 Å². The number of aromatic amines is 1. The lowest BCUT2D eigenvalue weighted by Crippen LogP contribution is -2.17. The Kier molecular flexibility index (Phi) is 4.17. The molecule has 20 heavy (non-hydrogen) atoms. The van der Waals surface area contributed by atoms with Crippen molar-refractivity contribution in [2.24, 2.45) is 0 Å². The number of aromatic nitrogens is 1. The van der Waals surface area contributed by atoms with E-state index >= 15 is 0 Å². The Morgan fingerprint density at radius 1 is 1.30 bits per heavy atom. The minimum Gasteiger partial charge on any atom is -0.494 e. The fourth-order valence-electron chi connectivity index (χ4n) is 1.84. The van der Waals surface area contributed by atoms with E-state index in [1.807, 2.05) is 25.2 Å². The lowest BCUT2D eigenvalue weighted by Gasteiger charge is -2.10. The highest BCUT2D eigenvalue weighted by molar-refractivity contribution is 6.04. The van der Waals surface area contributed by atoms with E-state index in [-0.39, 0.29) is 11.4 Å². The molecule has 0 radical (unpaired) electrons. The van der Waals surface area contributed by atoms with Gasteiger partial charge in [-0.15, -0.1) is 0 Å². The summed E-state index contributed by atoms with van der Waals surface area (Å²) in [5, 5.41) is 15.0. The van der Waals surface area contributed by atoms with Crippen LogP contribution in [0.15, 0.2) is 41.2 Å². The molecule has 1 aromatic heterocycles. The van der Waals surface area contributed by atoms with Crippen molar-refractivity contribution in [1.29, 1.82) is 0 Å². The molecule has 0 bridgehead atoms. The predicted molar refractivity (Wildman–Crippen MR) is 75.9 cm³/mol. The summed E-state index contributed by atoms with van der Waals surface area (Å²) in [6, 6.07) is 9.69. The average molecular weight is 273 g/mol. The fourth-order valence-corrected chi connectivity index (χ4v) is 1.84. The van der Waals surface area contributed by atoms with E-state index < -0.39 is 11.5 Å². The number of aromatic hydroxyl groups is 1. The third-order valence-electron chi connectivity index (χ3n) is 2.73. The summed E-state index contributed by atoms with van der Waals surface area (Å²) in [5.41, 5.74) is 1.16. The van der Waals surface area contributed by atoms with Crippen LogP contribution < -0.4 is 16.2 Å². The zero-order valence-electron chi connectivity index (χ0n) is 10.9. The van der Waals surface area contributed by atoms with Crippen molar-refractivity contribution in [1.82, 2.24) is 10.3 Å². The number of rotatable bonds is 4. The molecule has 0 aliphatic heterocycles. The van der Waals surface area contributed by atoms with Crippen molar-refractivity contribution in [3.8, 4) is 5.88 Å². The first-order valence-electron chi connectivity index (χ1n) is 6.07. The summed E-state index contributed by atoms with van der Waals surface area (Å²) in [4.78, 5) is 25.5. The number of H-pyrrole nitrogens is 1. The van der Waals surface area contributed by atoms with E-state index in [0.717, 1.165) is 11.6 Å². The maximum atomic E-state index is 12.1. The van der Waals surface area contributed by atoms with Gasteiger partial charge in [0.1, 0.15) is 0 Å². The molecule has 2 rings (SSSR count). The number of amides is 1. The minimum absolute atomic E-state index is 0.102. The smallest absolute Gasteiger partial charge is 0.256 e. The summed E-state index contributed by atoms with van der Waals surface area (Å²) in [6.07, 6.45) is 0. The van der Waals surface area contributed by atoms with Gasteiger partial charge in [0, 0.05) is 24.4 Å². The van der Waals surface area contributed by atoms with Crippen molar-refractivity contribution in [2.75, 3.05) is 12.4 Å².